The number of thiazole rings is 1. The van der Waals surface area contributed by atoms with Crippen LogP contribution in [0.4, 0.5) is 5.69 Å². The Balaban J connectivity index is 1.40. The van der Waals surface area contributed by atoms with E-state index in [1.54, 1.807) is 12.1 Å². The molecule has 0 saturated carbocycles. The van der Waals surface area contributed by atoms with Crippen molar-refractivity contribution in [2.75, 3.05) is 38.7 Å². The largest absolute Gasteiger partial charge is 0.465 e. The molecule has 1 fully saturated rings. The molecule has 7 nitrogen and oxygen atoms in total. The molecule has 4 rings (SSSR count). The van der Waals surface area contributed by atoms with Gasteiger partial charge >= 0.3 is 5.97 Å². The summed E-state index contributed by atoms with van der Waals surface area (Å²) in [5.41, 5.74) is 3.60. The van der Waals surface area contributed by atoms with Crippen LogP contribution >= 0.6 is 22.9 Å². The molecule has 1 saturated heterocycles. The Morgan fingerprint density at radius 1 is 1.21 bits per heavy atom. The van der Waals surface area contributed by atoms with Gasteiger partial charge in [0.25, 0.3) is 0 Å². The van der Waals surface area contributed by atoms with Gasteiger partial charge in [0.15, 0.2) is 0 Å². The van der Waals surface area contributed by atoms with Crippen molar-refractivity contribution in [3.63, 3.8) is 0 Å². The fourth-order valence-electron chi connectivity index (χ4n) is 3.57. The van der Waals surface area contributed by atoms with Crippen molar-refractivity contribution >= 4 is 40.5 Å². The summed E-state index contributed by atoms with van der Waals surface area (Å²) in [6.45, 7) is 4.30. The average molecular weight is 486 g/mol. The molecule has 0 radical (unpaired) electrons. The lowest BCUT2D eigenvalue weighted by Crippen LogP contribution is -2.35. The maximum atomic E-state index is 12.6. The molecular weight excluding hydrogens is 462 g/mol. The van der Waals surface area contributed by atoms with Gasteiger partial charge in [-0.25, -0.2) is 9.78 Å². The molecule has 1 N–H and O–H groups in total. The molecule has 1 amide bonds. The van der Waals surface area contributed by atoms with Crippen molar-refractivity contribution in [3.05, 3.63) is 69.7 Å². The zero-order chi connectivity index (χ0) is 23.2. The van der Waals surface area contributed by atoms with Gasteiger partial charge < -0.3 is 14.8 Å². The molecule has 0 bridgehead atoms. The van der Waals surface area contributed by atoms with E-state index in [1.807, 2.05) is 17.5 Å². The Labute approximate surface area is 201 Å². The lowest BCUT2D eigenvalue weighted by atomic mass is 10.1. The normalized spacial score (nSPS) is 14.1. The number of esters is 1. The number of hydrogen-bond acceptors (Lipinski definition) is 7. The van der Waals surface area contributed by atoms with E-state index in [2.05, 4.69) is 27.3 Å². The van der Waals surface area contributed by atoms with Crippen LogP contribution in [0.15, 0.2) is 47.8 Å². The van der Waals surface area contributed by atoms with Crippen LogP contribution < -0.4 is 5.32 Å². The van der Waals surface area contributed by atoms with Gasteiger partial charge in [0, 0.05) is 30.6 Å². The summed E-state index contributed by atoms with van der Waals surface area (Å²) in [5, 5.41) is 5.84. The number of nitrogens with one attached hydrogen (secondary N) is 1. The van der Waals surface area contributed by atoms with Crippen LogP contribution in [0, 0.1) is 0 Å². The number of anilines is 1. The molecule has 1 aromatic heterocycles. The van der Waals surface area contributed by atoms with E-state index in [9.17, 15) is 9.59 Å². The van der Waals surface area contributed by atoms with Crippen LogP contribution in [-0.4, -0.2) is 55.2 Å². The highest BCUT2D eigenvalue weighted by atomic mass is 35.5. The van der Waals surface area contributed by atoms with Gasteiger partial charge in [-0.3, -0.25) is 9.69 Å². The molecule has 1 aliphatic rings. The van der Waals surface area contributed by atoms with Crippen LogP contribution in [0.1, 0.15) is 21.6 Å². The fraction of sp³-hybridized carbons (Fsp3) is 0.292. The maximum absolute atomic E-state index is 12.6. The SMILES string of the molecule is COC(=O)c1ccc(Cl)c(NC(=O)Cc2csc(-c3cccc(CN4CCOCC4)c3)n2)c1. The van der Waals surface area contributed by atoms with Gasteiger partial charge in [0.05, 0.1) is 48.7 Å². The summed E-state index contributed by atoms with van der Waals surface area (Å²) in [6, 6.07) is 12.9. The monoisotopic (exact) mass is 485 g/mol. The Morgan fingerprint density at radius 3 is 2.82 bits per heavy atom. The molecule has 0 atom stereocenters. The van der Waals surface area contributed by atoms with E-state index in [0.29, 0.717) is 22.0 Å². The number of benzene rings is 2. The van der Waals surface area contributed by atoms with Crippen LogP contribution in [0.25, 0.3) is 10.6 Å². The molecule has 33 heavy (non-hydrogen) atoms. The predicted molar refractivity (Wildman–Crippen MR) is 129 cm³/mol. The topological polar surface area (TPSA) is 80.8 Å². The Kier molecular flexibility index (Phi) is 7.72. The highest BCUT2D eigenvalue weighted by Gasteiger charge is 2.15. The van der Waals surface area contributed by atoms with E-state index in [-0.39, 0.29) is 12.3 Å². The van der Waals surface area contributed by atoms with Gasteiger partial charge in [0.1, 0.15) is 5.01 Å². The summed E-state index contributed by atoms with van der Waals surface area (Å²) in [7, 11) is 1.30. The number of ether oxygens (including phenoxy) is 2. The number of carbonyl (C=O) groups excluding carboxylic acids is 2. The lowest BCUT2D eigenvalue weighted by Gasteiger charge is -2.26. The second-order valence-electron chi connectivity index (χ2n) is 7.64. The van der Waals surface area contributed by atoms with Crippen molar-refractivity contribution in [1.29, 1.82) is 0 Å². The second kappa shape index (κ2) is 10.9. The average Bonchev–Trinajstić information content (AvgIpc) is 3.29. The summed E-state index contributed by atoms with van der Waals surface area (Å²) >= 11 is 7.68. The number of nitrogens with zero attached hydrogens (tertiary/aromatic N) is 2. The Hall–Kier alpha value is -2.78. The van der Waals surface area contributed by atoms with Crippen molar-refractivity contribution < 1.29 is 19.1 Å². The number of hydrogen-bond donors (Lipinski definition) is 1. The van der Waals surface area contributed by atoms with Gasteiger partial charge in [0.2, 0.25) is 5.91 Å². The number of aromatic nitrogens is 1. The first-order valence-electron chi connectivity index (χ1n) is 10.5. The lowest BCUT2D eigenvalue weighted by molar-refractivity contribution is -0.115. The number of amides is 1. The molecule has 3 aromatic rings. The Bertz CT molecular complexity index is 1140. The van der Waals surface area contributed by atoms with Crippen molar-refractivity contribution in [3.8, 4) is 10.6 Å². The number of halogens is 1. The number of carbonyl (C=O) groups is 2. The predicted octanol–water partition coefficient (Wildman–Crippen LogP) is 4.26. The van der Waals surface area contributed by atoms with Crippen LogP contribution in [-0.2, 0) is 27.2 Å². The fourth-order valence-corrected chi connectivity index (χ4v) is 4.55. The number of methoxy groups -OCH3 is 1. The van der Waals surface area contributed by atoms with Gasteiger partial charge in [-0.1, -0.05) is 29.8 Å². The molecule has 9 heteroatoms. The first kappa shape index (κ1) is 23.4. The van der Waals surface area contributed by atoms with E-state index in [1.165, 1.54) is 30.1 Å². The number of rotatable bonds is 7. The Morgan fingerprint density at radius 2 is 2.03 bits per heavy atom. The third kappa shape index (κ3) is 6.17. The minimum absolute atomic E-state index is 0.0999. The highest BCUT2D eigenvalue weighted by molar-refractivity contribution is 7.13. The van der Waals surface area contributed by atoms with E-state index in [4.69, 9.17) is 21.1 Å². The molecule has 0 spiro atoms. The van der Waals surface area contributed by atoms with Crippen molar-refractivity contribution in [2.24, 2.45) is 0 Å². The van der Waals surface area contributed by atoms with Crippen molar-refractivity contribution in [2.45, 2.75) is 13.0 Å². The first-order valence-corrected chi connectivity index (χ1v) is 11.8. The zero-order valence-electron chi connectivity index (χ0n) is 18.2. The summed E-state index contributed by atoms with van der Waals surface area (Å²) in [6.07, 6.45) is 0.0999. The molecule has 0 unspecified atom stereocenters. The minimum Gasteiger partial charge on any atom is -0.465 e. The van der Waals surface area contributed by atoms with E-state index >= 15 is 0 Å². The molecule has 1 aliphatic heterocycles. The van der Waals surface area contributed by atoms with Crippen LogP contribution in [0.2, 0.25) is 5.02 Å². The molecule has 2 heterocycles. The van der Waals surface area contributed by atoms with Crippen LogP contribution in [0.5, 0.6) is 0 Å². The second-order valence-corrected chi connectivity index (χ2v) is 8.91. The standard InChI is InChI=1S/C24H24ClN3O4S/c1-31-24(30)18-5-6-20(25)21(12-18)27-22(29)13-19-15-33-23(26-19)17-4-2-3-16(11-17)14-28-7-9-32-10-8-28/h2-6,11-12,15H,7-10,13-14H2,1H3,(H,27,29). The molecule has 172 valence electrons. The number of morpholine rings is 1. The van der Waals surface area contributed by atoms with E-state index in [0.717, 1.165) is 43.4 Å². The maximum Gasteiger partial charge on any atom is 0.337 e. The van der Waals surface area contributed by atoms with Crippen LogP contribution in [0.3, 0.4) is 0 Å². The quantitative estimate of drug-likeness (QED) is 0.503. The third-order valence-corrected chi connectivity index (χ3v) is 6.51. The zero-order valence-corrected chi connectivity index (χ0v) is 19.7. The highest BCUT2D eigenvalue weighted by Crippen LogP contribution is 2.27. The summed E-state index contributed by atoms with van der Waals surface area (Å²) in [5.74, 6) is -0.765. The minimum atomic E-state index is -0.498. The van der Waals surface area contributed by atoms with Crippen molar-refractivity contribution in [1.82, 2.24) is 9.88 Å². The third-order valence-electron chi connectivity index (χ3n) is 5.24. The van der Waals surface area contributed by atoms with Gasteiger partial charge in [-0.15, -0.1) is 11.3 Å². The first-order chi connectivity index (χ1) is 16.0. The van der Waals surface area contributed by atoms with Gasteiger partial charge in [-0.2, -0.15) is 0 Å². The van der Waals surface area contributed by atoms with Gasteiger partial charge in [-0.05, 0) is 29.8 Å². The molecule has 2 aromatic carbocycles. The smallest absolute Gasteiger partial charge is 0.337 e. The van der Waals surface area contributed by atoms with E-state index < -0.39 is 5.97 Å². The summed E-state index contributed by atoms with van der Waals surface area (Å²) < 4.78 is 10.1. The molecular formula is C24H24ClN3O4S. The molecule has 0 aliphatic carbocycles. The summed E-state index contributed by atoms with van der Waals surface area (Å²) in [4.78, 5) is 31.3.